The third-order valence-electron chi connectivity index (χ3n) is 1.60. The van der Waals surface area contributed by atoms with Gasteiger partial charge in [-0.05, 0) is 6.92 Å². The van der Waals surface area contributed by atoms with Gasteiger partial charge in [-0.25, -0.2) is 4.79 Å². The van der Waals surface area contributed by atoms with Crippen molar-refractivity contribution in [3.8, 4) is 0 Å². The van der Waals surface area contributed by atoms with E-state index in [4.69, 9.17) is 5.11 Å². The number of carboxylic acid groups (broad SMARTS) is 1. The monoisotopic (exact) mass is 210 g/mol. The summed E-state index contributed by atoms with van der Waals surface area (Å²) in [4.78, 5) is 21.4. The fourth-order valence-corrected chi connectivity index (χ4v) is 0.889. The standard InChI is InChI=1S/C8H10N4O3/c1-5(13)7(8(14)15)11-10-6-3-9-12(2)4-6/h3-4,7H,1-2H3,(H,14,15). The highest BCUT2D eigenvalue weighted by atomic mass is 16.4. The number of carbonyl (C=O) groups excluding carboxylic acids is 1. The van der Waals surface area contributed by atoms with Crippen LogP contribution in [0.15, 0.2) is 22.6 Å². The quantitative estimate of drug-likeness (QED) is 0.579. The molecule has 7 nitrogen and oxygen atoms in total. The van der Waals surface area contributed by atoms with Gasteiger partial charge in [0.25, 0.3) is 0 Å². The third-order valence-corrected chi connectivity index (χ3v) is 1.60. The third kappa shape index (κ3) is 2.97. The van der Waals surface area contributed by atoms with Gasteiger partial charge >= 0.3 is 5.97 Å². The molecule has 80 valence electrons. The number of Topliss-reactive ketones (excluding diaryl/α,β-unsaturated/α-hetero) is 1. The van der Waals surface area contributed by atoms with Crippen LogP contribution in [0.3, 0.4) is 0 Å². The van der Waals surface area contributed by atoms with Gasteiger partial charge in [0.1, 0.15) is 5.69 Å². The maximum Gasteiger partial charge on any atom is 0.338 e. The van der Waals surface area contributed by atoms with Crippen LogP contribution >= 0.6 is 0 Å². The van der Waals surface area contributed by atoms with Crippen LogP contribution in [0.1, 0.15) is 6.92 Å². The number of aryl methyl sites for hydroxylation is 1. The van der Waals surface area contributed by atoms with Gasteiger partial charge in [0, 0.05) is 7.05 Å². The van der Waals surface area contributed by atoms with Crippen molar-refractivity contribution in [2.24, 2.45) is 17.3 Å². The normalized spacial score (nSPS) is 12.9. The lowest BCUT2D eigenvalue weighted by molar-refractivity contribution is -0.141. The summed E-state index contributed by atoms with van der Waals surface area (Å²) < 4.78 is 1.50. The molecule has 0 saturated carbocycles. The number of carboxylic acids is 1. The van der Waals surface area contributed by atoms with Gasteiger partial charge in [-0.1, -0.05) is 0 Å². The molecule has 15 heavy (non-hydrogen) atoms. The summed E-state index contributed by atoms with van der Waals surface area (Å²) in [6, 6.07) is -1.44. The number of nitrogens with zero attached hydrogens (tertiary/aromatic N) is 4. The van der Waals surface area contributed by atoms with E-state index in [9.17, 15) is 9.59 Å². The minimum Gasteiger partial charge on any atom is -0.479 e. The lowest BCUT2D eigenvalue weighted by Gasteiger charge is -1.98. The van der Waals surface area contributed by atoms with E-state index >= 15 is 0 Å². The number of azo groups is 1. The second kappa shape index (κ2) is 4.45. The molecule has 0 saturated heterocycles. The van der Waals surface area contributed by atoms with Gasteiger partial charge in [-0.15, -0.1) is 0 Å². The molecule has 1 heterocycles. The van der Waals surface area contributed by atoms with E-state index in [1.165, 1.54) is 10.9 Å². The zero-order chi connectivity index (χ0) is 11.4. The van der Waals surface area contributed by atoms with Crippen LogP contribution in [0, 0.1) is 0 Å². The second-order valence-electron chi connectivity index (χ2n) is 2.94. The molecule has 0 aromatic carbocycles. The van der Waals surface area contributed by atoms with Crippen LogP contribution in [0.25, 0.3) is 0 Å². The fourth-order valence-electron chi connectivity index (χ4n) is 0.889. The van der Waals surface area contributed by atoms with E-state index in [1.54, 1.807) is 13.2 Å². The van der Waals surface area contributed by atoms with Crippen LogP contribution in [-0.2, 0) is 16.6 Å². The predicted octanol–water partition coefficient (Wildman–Crippen LogP) is 0.546. The van der Waals surface area contributed by atoms with E-state index in [0.29, 0.717) is 5.69 Å². The molecule has 1 rings (SSSR count). The number of rotatable bonds is 4. The van der Waals surface area contributed by atoms with Crippen molar-refractivity contribution in [3.63, 3.8) is 0 Å². The van der Waals surface area contributed by atoms with Crippen molar-refractivity contribution < 1.29 is 14.7 Å². The molecule has 0 aliphatic carbocycles. The van der Waals surface area contributed by atoms with Crippen LogP contribution < -0.4 is 0 Å². The molecule has 0 radical (unpaired) electrons. The molecule has 0 aliphatic rings. The highest BCUT2D eigenvalue weighted by Crippen LogP contribution is 2.10. The van der Waals surface area contributed by atoms with Crippen LogP contribution in [0.5, 0.6) is 0 Å². The fraction of sp³-hybridized carbons (Fsp3) is 0.375. The van der Waals surface area contributed by atoms with E-state index in [0.717, 1.165) is 6.92 Å². The van der Waals surface area contributed by atoms with Crippen LogP contribution in [-0.4, -0.2) is 32.7 Å². The van der Waals surface area contributed by atoms with E-state index in [1.807, 2.05) is 0 Å². The highest BCUT2D eigenvalue weighted by Gasteiger charge is 2.21. The second-order valence-corrected chi connectivity index (χ2v) is 2.94. The summed E-state index contributed by atoms with van der Waals surface area (Å²) in [6.07, 6.45) is 2.98. The maximum atomic E-state index is 10.9. The molecule has 1 aromatic rings. The Morgan fingerprint density at radius 2 is 2.27 bits per heavy atom. The van der Waals surface area contributed by atoms with Gasteiger partial charge < -0.3 is 5.11 Å². The van der Waals surface area contributed by atoms with Crippen LogP contribution in [0.4, 0.5) is 5.69 Å². The topological polar surface area (TPSA) is 96.9 Å². The summed E-state index contributed by atoms with van der Waals surface area (Å²) in [5.74, 6) is -1.87. The minimum atomic E-state index is -1.44. The molecule has 1 N–H and O–H groups in total. The number of aromatic nitrogens is 2. The van der Waals surface area contributed by atoms with Crippen LogP contribution in [0.2, 0.25) is 0 Å². The number of carbonyl (C=O) groups is 2. The van der Waals surface area contributed by atoms with Gasteiger partial charge in [-0.3, -0.25) is 9.48 Å². The molecular formula is C8H10N4O3. The summed E-state index contributed by atoms with van der Waals surface area (Å²) in [6.45, 7) is 1.15. The Hall–Kier alpha value is -2.05. The number of hydrogen-bond acceptors (Lipinski definition) is 5. The summed E-state index contributed by atoms with van der Waals surface area (Å²) in [7, 11) is 1.69. The molecule has 7 heteroatoms. The molecule has 0 fully saturated rings. The highest BCUT2D eigenvalue weighted by molar-refractivity contribution is 6.01. The van der Waals surface area contributed by atoms with Crippen molar-refractivity contribution in [3.05, 3.63) is 12.4 Å². The molecule has 0 aliphatic heterocycles. The lowest BCUT2D eigenvalue weighted by Crippen LogP contribution is -2.25. The first kappa shape index (κ1) is 11.0. The predicted molar refractivity (Wildman–Crippen MR) is 49.8 cm³/mol. The largest absolute Gasteiger partial charge is 0.479 e. The molecule has 0 amide bonds. The lowest BCUT2D eigenvalue weighted by atomic mass is 10.2. The average molecular weight is 210 g/mol. The maximum absolute atomic E-state index is 10.9. The Balaban J connectivity index is 2.78. The Labute approximate surface area is 85.4 Å². The Morgan fingerprint density at radius 1 is 1.60 bits per heavy atom. The Kier molecular flexibility index (Phi) is 3.27. The number of aliphatic carboxylic acids is 1. The molecular weight excluding hydrogens is 200 g/mol. The zero-order valence-corrected chi connectivity index (χ0v) is 8.28. The molecule has 0 spiro atoms. The van der Waals surface area contributed by atoms with Crippen molar-refractivity contribution in [2.45, 2.75) is 13.0 Å². The van der Waals surface area contributed by atoms with Crippen molar-refractivity contribution in [2.75, 3.05) is 0 Å². The molecule has 1 atom stereocenters. The summed E-state index contributed by atoms with van der Waals surface area (Å²) >= 11 is 0. The Bertz CT molecular complexity index is 396. The average Bonchev–Trinajstić information content (AvgIpc) is 2.50. The summed E-state index contributed by atoms with van der Waals surface area (Å²) in [5, 5.41) is 19.5. The first-order valence-electron chi connectivity index (χ1n) is 4.13. The minimum absolute atomic E-state index is 0.407. The smallest absolute Gasteiger partial charge is 0.338 e. The van der Waals surface area contributed by atoms with Crippen molar-refractivity contribution in [1.82, 2.24) is 9.78 Å². The first-order valence-corrected chi connectivity index (χ1v) is 4.13. The number of ketones is 1. The van der Waals surface area contributed by atoms with Gasteiger partial charge in [0.2, 0.25) is 6.04 Å². The number of hydrogen-bond donors (Lipinski definition) is 1. The van der Waals surface area contributed by atoms with Crippen molar-refractivity contribution in [1.29, 1.82) is 0 Å². The first-order chi connectivity index (χ1) is 7.00. The molecule has 1 aromatic heterocycles. The summed E-state index contributed by atoms with van der Waals surface area (Å²) in [5.41, 5.74) is 0.407. The molecule has 1 unspecified atom stereocenters. The van der Waals surface area contributed by atoms with E-state index in [2.05, 4.69) is 15.3 Å². The SMILES string of the molecule is CC(=O)C(N=Nc1cnn(C)c1)C(=O)O. The van der Waals surface area contributed by atoms with Gasteiger partial charge in [-0.2, -0.15) is 15.3 Å². The zero-order valence-electron chi connectivity index (χ0n) is 8.28. The van der Waals surface area contributed by atoms with Gasteiger partial charge in [0.15, 0.2) is 5.78 Å². The Morgan fingerprint density at radius 3 is 2.67 bits per heavy atom. The molecule has 0 bridgehead atoms. The van der Waals surface area contributed by atoms with E-state index < -0.39 is 17.8 Å². The van der Waals surface area contributed by atoms with Crippen molar-refractivity contribution >= 4 is 17.4 Å². The van der Waals surface area contributed by atoms with Gasteiger partial charge in [0.05, 0.1) is 12.4 Å². The van der Waals surface area contributed by atoms with E-state index in [-0.39, 0.29) is 0 Å².